The SMILES string of the molecule is NCC1(OCc2cccc(Br)c2)CCCCC1. The third kappa shape index (κ3) is 3.54. The van der Waals surface area contributed by atoms with E-state index in [0.29, 0.717) is 13.2 Å². The first kappa shape index (κ1) is 13.1. The van der Waals surface area contributed by atoms with Crippen LogP contribution in [0.15, 0.2) is 28.7 Å². The van der Waals surface area contributed by atoms with Gasteiger partial charge in [-0.05, 0) is 30.5 Å². The highest BCUT2D eigenvalue weighted by Crippen LogP contribution is 2.31. The molecule has 0 amide bonds. The van der Waals surface area contributed by atoms with Crippen molar-refractivity contribution in [1.82, 2.24) is 0 Å². The summed E-state index contributed by atoms with van der Waals surface area (Å²) in [4.78, 5) is 0. The molecule has 0 radical (unpaired) electrons. The van der Waals surface area contributed by atoms with Crippen molar-refractivity contribution in [1.29, 1.82) is 0 Å². The standard InChI is InChI=1S/C14H20BrNO/c15-13-6-4-5-12(9-13)10-17-14(11-16)7-2-1-3-8-14/h4-6,9H,1-3,7-8,10-11,16H2. The summed E-state index contributed by atoms with van der Waals surface area (Å²) in [6.45, 7) is 1.30. The van der Waals surface area contributed by atoms with Crippen molar-refractivity contribution in [2.75, 3.05) is 6.54 Å². The average Bonchev–Trinajstić information content (AvgIpc) is 2.38. The summed E-state index contributed by atoms with van der Waals surface area (Å²) in [5, 5.41) is 0. The summed E-state index contributed by atoms with van der Waals surface area (Å²) in [5.74, 6) is 0. The molecule has 1 aliphatic rings. The van der Waals surface area contributed by atoms with Gasteiger partial charge in [0.05, 0.1) is 12.2 Å². The van der Waals surface area contributed by atoms with E-state index in [4.69, 9.17) is 10.5 Å². The van der Waals surface area contributed by atoms with E-state index >= 15 is 0 Å². The first-order valence-corrected chi connectivity index (χ1v) is 7.12. The van der Waals surface area contributed by atoms with E-state index in [1.54, 1.807) is 0 Å². The molecule has 0 saturated heterocycles. The molecule has 1 aromatic carbocycles. The highest BCUT2D eigenvalue weighted by atomic mass is 79.9. The molecule has 0 unspecified atom stereocenters. The maximum Gasteiger partial charge on any atom is 0.0808 e. The molecule has 0 bridgehead atoms. The second-order valence-electron chi connectivity index (χ2n) is 4.87. The van der Waals surface area contributed by atoms with Gasteiger partial charge in [0.2, 0.25) is 0 Å². The van der Waals surface area contributed by atoms with Crippen LogP contribution in [0.2, 0.25) is 0 Å². The van der Waals surface area contributed by atoms with E-state index < -0.39 is 0 Å². The second kappa shape index (κ2) is 5.98. The van der Waals surface area contributed by atoms with Gasteiger partial charge in [-0.2, -0.15) is 0 Å². The van der Waals surface area contributed by atoms with Gasteiger partial charge in [-0.1, -0.05) is 47.3 Å². The van der Waals surface area contributed by atoms with Crippen molar-refractivity contribution in [3.63, 3.8) is 0 Å². The van der Waals surface area contributed by atoms with Gasteiger partial charge in [-0.3, -0.25) is 0 Å². The summed E-state index contributed by atoms with van der Waals surface area (Å²) in [7, 11) is 0. The molecule has 17 heavy (non-hydrogen) atoms. The fourth-order valence-corrected chi connectivity index (χ4v) is 2.91. The Morgan fingerprint density at radius 1 is 1.24 bits per heavy atom. The van der Waals surface area contributed by atoms with Crippen LogP contribution < -0.4 is 5.73 Å². The zero-order valence-electron chi connectivity index (χ0n) is 10.1. The molecule has 1 aromatic rings. The van der Waals surface area contributed by atoms with Crippen LogP contribution in [0.25, 0.3) is 0 Å². The Balaban J connectivity index is 1.95. The van der Waals surface area contributed by atoms with Crippen LogP contribution in [0.3, 0.4) is 0 Å². The molecular weight excluding hydrogens is 278 g/mol. The number of hydrogen-bond donors (Lipinski definition) is 1. The van der Waals surface area contributed by atoms with Crippen molar-refractivity contribution in [3.05, 3.63) is 34.3 Å². The lowest BCUT2D eigenvalue weighted by molar-refractivity contribution is -0.0733. The Kier molecular flexibility index (Phi) is 4.60. The van der Waals surface area contributed by atoms with Gasteiger partial charge in [-0.15, -0.1) is 0 Å². The zero-order chi connectivity index (χ0) is 12.1. The fraction of sp³-hybridized carbons (Fsp3) is 0.571. The monoisotopic (exact) mass is 297 g/mol. The van der Waals surface area contributed by atoms with Crippen LogP contribution >= 0.6 is 15.9 Å². The molecule has 0 aliphatic heterocycles. The highest BCUT2D eigenvalue weighted by Gasteiger charge is 2.31. The maximum atomic E-state index is 6.11. The third-order valence-electron chi connectivity index (χ3n) is 3.57. The average molecular weight is 298 g/mol. The molecule has 2 N–H and O–H groups in total. The molecule has 1 saturated carbocycles. The van der Waals surface area contributed by atoms with E-state index in [1.807, 2.05) is 12.1 Å². The Morgan fingerprint density at radius 3 is 2.65 bits per heavy atom. The molecule has 2 nitrogen and oxygen atoms in total. The van der Waals surface area contributed by atoms with Gasteiger partial charge in [0.15, 0.2) is 0 Å². The zero-order valence-corrected chi connectivity index (χ0v) is 11.7. The van der Waals surface area contributed by atoms with Crippen molar-refractivity contribution in [2.24, 2.45) is 5.73 Å². The molecule has 2 rings (SSSR count). The number of halogens is 1. The lowest BCUT2D eigenvalue weighted by atomic mass is 9.84. The maximum absolute atomic E-state index is 6.11. The smallest absolute Gasteiger partial charge is 0.0808 e. The summed E-state index contributed by atoms with van der Waals surface area (Å²) < 4.78 is 7.22. The number of ether oxygens (including phenoxy) is 1. The Hall–Kier alpha value is -0.380. The molecule has 94 valence electrons. The van der Waals surface area contributed by atoms with Crippen LogP contribution in [0, 0.1) is 0 Å². The van der Waals surface area contributed by atoms with Crippen molar-refractivity contribution in [3.8, 4) is 0 Å². The predicted molar refractivity (Wildman–Crippen MR) is 73.8 cm³/mol. The van der Waals surface area contributed by atoms with Crippen LogP contribution in [0.5, 0.6) is 0 Å². The molecule has 0 aromatic heterocycles. The lowest BCUT2D eigenvalue weighted by Crippen LogP contribution is -2.42. The van der Waals surface area contributed by atoms with Crippen LogP contribution in [-0.2, 0) is 11.3 Å². The molecule has 1 aliphatic carbocycles. The molecule has 0 atom stereocenters. The summed E-state index contributed by atoms with van der Waals surface area (Å²) in [5.41, 5.74) is 7.04. The predicted octanol–water partition coefficient (Wildman–Crippen LogP) is 3.63. The second-order valence-corrected chi connectivity index (χ2v) is 5.78. The van der Waals surface area contributed by atoms with Crippen molar-refractivity contribution < 1.29 is 4.74 Å². The molecule has 3 heteroatoms. The Labute approximate surface area is 112 Å². The summed E-state index contributed by atoms with van der Waals surface area (Å²) >= 11 is 3.48. The number of benzene rings is 1. The van der Waals surface area contributed by atoms with Gasteiger partial charge in [0.1, 0.15) is 0 Å². The molecule has 1 fully saturated rings. The van der Waals surface area contributed by atoms with Crippen molar-refractivity contribution >= 4 is 15.9 Å². The van der Waals surface area contributed by atoms with E-state index in [1.165, 1.54) is 24.8 Å². The van der Waals surface area contributed by atoms with Crippen LogP contribution in [-0.4, -0.2) is 12.1 Å². The number of hydrogen-bond acceptors (Lipinski definition) is 2. The first-order valence-electron chi connectivity index (χ1n) is 6.33. The summed E-state index contributed by atoms with van der Waals surface area (Å²) in [6.07, 6.45) is 6.03. The minimum Gasteiger partial charge on any atom is -0.369 e. The molecular formula is C14H20BrNO. The Bertz CT molecular complexity index is 361. The van der Waals surface area contributed by atoms with E-state index in [-0.39, 0.29) is 5.60 Å². The minimum absolute atomic E-state index is 0.0689. The van der Waals surface area contributed by atoms with Crippen molar-refractivity contribution in [2.45, 2.75) is 44.3 Å². The van der Waals surface area contributed by atoms with Gasteiger partial charge in [0, 0.05) is 11.0 Å². The lowest BCUT2D eigenvalue weighted by Gasteiger charge is -2.36. The molecule has 0 heterocycles. The number of rotatable bonds is 4. The first-order chi connectivity index (χ1) is 8.24. The van der Waals surface area contributed by atoms with Crippen LogP contribution in [0.4, 0.5) is 0 Å². The third-order valence-corrected chi connectivity index (χ3v) is 4.06. The van der Waals surface area contributed by atoms with Gasteiger partial charge in [-0.25, -0.2) is 0 Å². The topological polar surface area (TPSA) is 35.2 Å². The van der Waals surface area contributed by atoms with Gasteiger partial charge in [0.25, 0.3) is 0 Å². The van der Waals surface area contributed by atoms with Gasteiger partial charge < -0.3 is 10.5 Å². The highest BCUT2D eigenvalue weighted by molar-refractivity contribution is 9.10. The minimum atomic E-state index is -0.0689. The number of nitrogens with two attached hydrogens (primary N) is 1. The van der Waals surface area contributed by atoms with Gasteiger partial charge >= 0.3 is 0 Å². The van der Waals surface area contributed by atoms with E-state index in [2.05, 4.69) is 28.1 Å². The fourth-order valence-electron chi connectivity index (χ4n) is 2.47. The summed E-state index contributed by atoms with van der Waals surface area (Å²) in [6, 6.07) is 8.27. The largest absolute Gasteiger partial charge is 0.369 e. The van der Waals surface area contributed by atoms with E-state index in [9.17, 15) is 0 Å². The Morgan fingerprint density at radius 2 is 2.00 bits per heavy atom. The normalized spacial score (nSPS) is 19.2. The quantitative estimate of drug-likeness (QED) is 0.921. The molecule has 0 spiro atoms. The van der Waals surface area contributed by atoms with E-state index in [0.717, 1.165) is 17.3 Å². The van der Waals surface area contributed by atoms with Crippen LogP contribution in [0.1, 0.15) is 37.7 Å².